The summed E-state index contributed by atoms with van der Waals surface area (Å²) in [6.45, 7) is 0. The quantitative estimate of drug-likeness (QED) is 0.588. The van der Waals surface area contributed by atoms with E-state index in [1.807, 2.05) is 41.1 Å². The summed E-state index contributed by atoms with van der Waals surface area (Å²) in [6, 6.07) is 16.7. The number of imidazole rings is 1. The maximum atomic E-state index is 11.1. The minimum absolute atomic E-state index is 0. The van der Waals surface area contributed by atoms with Crippen molar-refractivity contribution in [2.24, 2.45) is 0 Å². The fourth-order valence-corrected chi connectivity index (χ4v) is 1.92. The monoisotopic (exact) mass is 258 g/mol. The molecule has 3 nitrogen and oxygen atoms in total. The van der Waals surface area contributed by atoms with Crippen molar-refractivity contribution in [1.29, 1.82) is 0 Å². The van der Waals surface area contributed by atoms with E-state index in [1.165, 1.54) is 0 Å². The fourth-order valence-electron chi connectivity index (χ4n) is 1.92. The Kier molecular flexibility index (Phi) is 4.43. The first-order chi connectivity index (χ1) is 8.84. The molecule has 3 rings (SSSR count). The summed E-state index contributed by atoms with van der Waals surface area (Å²) in [5, 5.41) is 11.1. The van der Waals surface area contributed by atoms with E-state index < -0.39 is 0 Å². The summed E-state index contributed by atoms with van der Waals surface area (Å²) in [7, 11) is 0. The summed E-state index contributed by atoms with van der Waals surface area (Å²) in [6.07, 6.45) is 3.65. The molecule has 0 fully saturated rings. The molecule has 0 atom stereocenters. The van der Waals surface area contributed by atoms with Crippen LogP contribution in [0, 0.1) is 0 Å². The van der Waals surface area contributed by atoms with Crippen LogP contribution < -0.4 is 34.7 Å². The van der Waals surface area contributed by atoms with Crippen LogP contribution in [0.2, 0.25) is 0 Å². The standard InChI is InChI=1S/C15H12N2O.Na/c18-14-8-6-13(7-9-14)17-11-10-16-15(17)12-4-2-1-3-5-12;/h1-11,18H;/q;+1/p-1. The van der Waals surface area contributed by atoms with Crippen LogP contribution in [-0.4, -0.2) is 9.55 Å². The van der Waals surface area contributed by atoms with Crippen molar-refractivity contribution >= 4 is 0 Å². The summed E-state index contributed by atoms with van der Waals surface area (Å²) in [4.78, 5) is 4.37. The van der Waals surface area contributed by atoms with Gasteiger partial charge in [-0.2, -0.15) is 0 Å². The number of nitrogens with zero attached hydrogens (tertiary/aromatic N) is 2. The van der Waals surface area contributed by atoms with Gasteiger partial charge in [0.2, 0.25) is 0 Å². The SMILES string of the molecule is [Na+].[O-]c1ccc(-n2ccnc2-c2ccccc2)cc1. The molecule has 0 aliphatic heterocycles. The molecule has 0 aliphatic rings. The zero-order valence-electron chi connectivity index (χ0n) is 10.7. The third-order valence-electron chi connectivity index (χ3n) is 2.79. The topological polar surface area (TPSA) is 40.9 Å². The Bertz CT molecular complexity index is 647. The van der Waals surface area contributed by atoms with Gasteiger partial charge in [0.1, 0.15) is 5.82 Å². The molecule has 4 heteroatoms. The normalized spacial score (nSPS) is 9.89. The molecule has 0 N–H and O–H groups in total. The zero-order valence-corrected chi connectivity index (χ0v) is 12.7. The van der Waals surface area contributed by atoms with Gasteiger partial charge in [-0.3, -0.25) is 4.57 Å². The van der Waals surface area contributed by atoms with E-state index in [1.54, 1.807) is 30.5 Å². The van der Waals surface area contributed by atoms with E-state index in [2.05, 4.69) is 4.98 Å². The molecule has 0 saturated heterocycles. The Morgan fingerprint density at radius 2 is 1.58 bits per heavy atom. The second-order valence-electron chi connectivity index (χ2n) is 3.98. The molecular formula is C15H11N2NaO. The molecule has 0 radical (unpaired) electrons. The maximum absolute atomic E-state index is 11.1. The van der Waals surface area contributed by atoms with Crippen LogP contribution in [-0.2, 0) is 0 Å². The van der Waals surface area contributed by atoms with Gasteiger partial charge >= 0.3 is 29.6 Å². The summed E-state index contributed by atoms with van der Waals surface area (Å²) in [5.74, 6) is 0.884. The van der Waals surface area contributed by atoms with Gasteiger partial charge in [-0.1, -0.05) is 42.5 Å². The molecular weight excluding hydrogens is 247 g/mol. The molecule has 0 aliphatic carbocycles. The molecule has 2 aromatic carbocycles. The minimum atomic E-state index is 0. The zero-order chi connectivity index (χ0) is 12.4. The Morgan fingerprint density at radius 1 is 0.895 bits per heavy atom. The Labute approximate surface area is 133 Å². The van der Waals surface area contributed by atoms with Crippen LogP contribution in [0.3, 0.4) is 0 Å². The third-order valence-corrected chi connectivity index (χ3v) is 2.79. The van der Waals surface area contributed by atoms with Gasteiger partial charge in [0.25, 0.3) is 0 Å². The number of aromatic nitrogens is 2. The average molecular weight is 258 g/mol. The summed E-state index contributed by atoms with van der Waals surface area (Å²) in [5.41, 5.74) is 1.99. The van der Waals surface area contributed by atoms with Gasteiger partial charge in [-0.25, -0.2) is 4.98 Å². The van der Waals surface area contributed by atoms with Crippen molar-refractivity contribution in [3.05, 3.63) is 67.0 Å². The van der Waals surface area contributed by atoms with Gasteiger partial charge in [0, 0.05) is 23.6 Å². The minimum Gasteiger partial charge on any atom is -0.872 e. The molecule has 1 heterocycles. The third kappa shape index (κ3) is 2.89. The first-order valence-corrected chi connectivity index (χ1v) is 5.71. The van der Waals surface area contributed by atoms with E-state index in [9.17, 15) is 5.11 Å². The van der Waals surface area contributed by atoms with Crippen LogP contribution in [0.15, 0.2) is 67.0 Å². The number of benzene rings is 2. The average Bonchev–Trinajstić information content (AvgIpc) is 2.90. The molecule has 0 saturated carbocycles. The van der Waals surface area contributed by atoms with Crippen molar-refractivity contribution in [2.75, 3.05) is 0 Å². The Hall–Kier alpha value is -1.55. The van der Waals surface area contributed by atoms with Crippen molar-refractivity contribution in [3.63, 3.8) is 0 Å². The molecule has 0 bridgehead atoms. The Balaban J connectivity index is 0.00000133. The predicted molar refractivity (Wildman–Crippen MR) is 68.4 cm³/mol. The predicted octanol–water partition coefficient (Wildman–Crippen LogP) is -0.383. The van der Waals surface area contributed by atoms with Crippen molar-refractivity contribution in [1.82, 2.24) is 9.55 Å². The molecule has 19 heavy (non-hydrogen) atoms. The van der Waals surface area contributed by atoms with Crippen molar-refractivity contribution in [2.45, 2.75) is 0 Å². The number of rotatable bonds is 2. The van der Waals surface area contributed by atoms with Gasteiger partial charge in [0.15, 0.2) is 0 Å². The van der Waals surface area contributed by atoms with Crippen LogP contribution in [0.1, 0.15) is 0 Å². The van der Waals surface area contributed by atoms with E-state index in [0.717, 1.165) is 17.1 Å². The summed E-state index contributed by atoms with van der Waals surface area (Å²) < 4.78 is 1.97. The molecule has 0 unspecified atom stereocenters. The van der Waals surface area contributed by atoms with Crippen molar-refractivity contribution in [3.8, 4) is 22.8 Å². The smallest absolute Gasteiger partial charge is 0.872 e. The van der Waals surface area contributed by atoms with Crippen molar-refractivity contribution < 1.29 is 34.7 Å². The van der Waals surface area contributed by atoms with Gasteiger partial charge in [-0.15, -0.1) is 5.75 Å². The maximum Gasteiger partial charge on any atom is 1.00 e. The van der Waals surface area contributed by atoms with Gasteiger partial charge < -0.3 is 5.11 Å². The molecule has 0 amide bonds. The van der Waals surface area contributed by atoms with Crippen LogP contribution in [0.5, 0.6) is 5.75 Å². The first-order valence-electron chi connectivity index (χ1n) is 5.71. The Morgan fingerprint density at radius 3 is 2.26 bits per heavy atom. The van der Waals surface area contributed by atoms with Crippen LogP contribution in [0.25, 0.3) is 17.1 Å². The molecule has 88 valence electrons. The van der Waals surface area contributed by atoms with Gasteiger partial charge in [-0.05, 0) is 12.1 Å². The second-order valence-corrected chi connectivity index (χ2v) is 3.98. The van der Waals surface area contributed by atoms with E-state index in [-0.39, 0.29) is 35.3 Å². The molecule has 0 spiro atoms. The second kappa shape index (κ2) is 6.06. The first kappa shape index (κ1) is 13.9. The van der Waals surface area contributed by atoms with E-state index in [0.29, 0.717) is 0 Å². The number of hydrogen-bond donors (Lipinski definition) is 0. The van der Waals surface area contributed by atoms with E-state index >= 15 is 0 Å². The van der Waals surface area contributed by atoms with Crippen LogP contribution >= 0.6 is 0 Å². The fraction of sp³-hybridized carbons (Fsp3) is 0. The van der Waals surface area contributed by atoms with E-state index in [4.69, 9.17) is 0 Å². The number of hydrogen-bond acceptors (Lipinski definition) is 2. The molecule has 3 aromatic rings. The van der Waals surface area contributed by atoms with Crippen LogP contribution in [0.4, 0.5) is 0 Å². The molecule has 1 aromatic heterocycles. The summed E-state index contributed by atoms with van der Waals surface area (Å²) >= 11 is 0. The van der Waals surface area contributed by atoms with Gasteiger partial charge in [0.05, 0.1) is 0 Å². The largest absolute Gasteiger partial charge is 1.00 e.